The number of carbonyl (C=O) groups excluding carboxylic acids is 1. The summed E-state index contributed by atoms with van der Waals surface area (Å²) in [5, 5.41) is 0.579. The predicted molar refractivity (Wildman–Crippen MR) is 97.8 cm³/mol. The van der Waals surface area contributed by atoms with Gasteiger partial charge in [-0.15, -0.1) is 0 Å². The van der Waals surface area contributed by atoms with Gasteiger partial charge < -0.3 is 9.15 Å². The van der Waals surface area contributed by atoms with E-state index in [9.17, 15) is 4.79 Å². The zero-order chi connectivity index (χ0) is 17.2. The summed E-state index contributed by atoms with van der Waals surface area (Å²) in [5.41, 5.74) is 1.52. The minimum absolute atomic E-state index is 0.252. The van der Waals surface area contributed by atoms with E-state index in [1.165, 1.54) is 17.6 Å². The topological polar surface area (TPSA) is 55.6 Å². The first kappa shape index (κ1) is 15.4. The van der Waals surface area contributed by atoms with Gasteiger partial charge in [0.05, 0.1) is 29.3 Å². The molecule has 0 spiro atoms. The maximum Gasteiger partial charge on any atom is 0.300 e. The van der Waals surface area contributed by atoms with Crippen molar-refractivity contribution in [1.29, 1.82) is 0 Å². The SMILES string of the molecule is COc1cccc(N(C(=O)c2ccco2)c2nc3ccccc3s2)c1. The molecule has 1 amide bonds. The number of amides is 1. The van der Waals surface area contributed by atoms with Gasteiger partial charge in [-0.2, -0.15) is 0 Å². The van der Waals surface area contributed by atoms with Crippen molar-refractivity contribution < 1.29 is 13.9 Å². The highest BCUT2D eigenvalue weighted by Crippen LogP contribution is 2.35. The summed E-state index contributed by atoms with van der Waals surface area (Å²) in [6, 6.07) is 18.4. The second kappa shape index (κ2) is 6.41. The van der Waals surface area contributed by atoms with E-state index < -0.39 is 0 Å². The minimum Gasteiger partial charge on any atom is -0.497 e. The standard InChI is InChI=1S/C19H14N2O3S/c1-23-14-7-4-6-13(12-14)21(18(22)16-9-5-11-24-16)19-20-15-8-2-3-10-17(15)25-19/h2-12H,1H3. The molecule has 0 saturated carbocycles. The molecule has 2 aromatic heterocycles. The zero-order valence-electron chi connectivity index (χ0n) is 13.4. The highest BCUT2D eigenvalue weighted by Gasteiger charge is 2.25. The van der Waals surface area contributed by atoms with E-state index in [0.29, 0.717) is 16.6 Å². The number of rotatable bonds is 4. The second-order valence-electron chi connectivity index (χ2n) is 5.28. The van der Waals surface area contributed by atoms with E-state index in [0.717, 1.165) is 10.2 Å². The highest BCUT2D eigenvalue weighted by molar-refractivity contribution is 7.22. The van der Waals surface area contributed by atoms with Crippen LogP contribution < -0.4 is 9.64 Å². The average Bonchev–Trinajstić information content (AvgIpc) is 3.31. The largest absolute Gasteiger partial charge is 0.497 e. The Morgan fingerprint density at radius 1 is 1.12 bits per heavy atom. The molecule has 25 heavy (non-hydrogen) atoms. The first-order valence-electron chi connectivity index (χ1n) is 7.64. The third-order valence-electron chi connectivity index (χ3n) is 3.72. The number of furan rings is 1. The Morgan fingerprint density at radius 3 is 2.76 bits per heavy atom. The van der Waals surface area contributed by atoms with E-state index in [4.69, 9.17) is 9.15 Å². The Hall–Kier alpha value is -3.12. The number of thiazole rings is 1. The van der Waals surface area contributed by atoms with Crippen molar-refractivity contribution in [1.82, 2.24) is 4.98 Å². The summed E-state index contributed by atoms with van der Waals surface area (Å²) in [4.78, 5) is 19.2. The van der Waals surface area contributed by atoms with Gasteiger partial charge in [-0.3, -0.25) is 4.79 Å². The first-order chi connectivity index (χ1) is 12.3. The Kier molecular flexibility index (Phi) is 3.95. The number of ether oxygens (including phenoxy) is 1. The Morgan fingerprint density at radius 2 is 2.00 bits per heavy atom. The van der Waals surface area contributed by atoms with Crippen LogP contribution >= 0.6 is 11.3 Å². The number of hydrogen-bond donors (Lipinski definition) is 0. The lowest BCUT2D eigenvalue weighted by Crippen LogP contribution is -2.25. The minimum atomic E-state index is -0.280. The van der Waals surface area contributed by atoms with Crippen molar-refractivity contribution in [2.75, 3.05) is 12.0 Å². The van der Waals surface area contributed by atoms with E-state index >= 15 is 0 Å². The fraction of sp³-hybridized carbons (Fsp3) is 0.0526. The average molecular weight is 350 g/mol. The fourth-order valence-corrected chi connectivity index (χ4v) is 3.52. The van der Waals surface area contributed by atoms with Crippen molar-refractivity contribution in [2.24, 2.45) is 0 Å². The lowest BCUT2D eigenvalue weighted by atomic mass is 10.2. The van der Waals surface area contributed by atoms with Gasteiger partial charge in [0, 0.05) is 6.07 Å². The van der Waals surface area contributed by atoms with Crippen LogP contribution in [0.2, 0.25) is 0 Å². The molecular formula is C19H14N2O3S. The molecule has 2 heterocycles. The van der Waals surface area contributed by atoms with Crippen LogP contribution in [0.15, 0.2) is 71.3 Å². The second-order valence-corrected chi connectivity index (χ2v) is 6.29. The van der Waals surface area contributed by atoms with E-state index in [2.05, 4.69) is 4.98 Å². The van der Waals surface area contributed by atoms with Crippen LogP contribution in [-0.4, -0.2) is 18.0 Å². The molecule has 0 saturated heterocycles. The van der Waals surface area contributed by atoms with Gasteiger partial charge >= 0.3 is 0 Å². The van der Waals surface area contributed by atoms with Crippen molar-refractivity contribution in [3.63, 3.8) is 0 Å². The Labute approximate surface area is 148 Å². The lowest BCUT2D eigenvalue weighted by molar-refractivity contribution is 0.0973. The molecule has 0 aliphatic rings. The van der Waals surface area contributed by atoms with Crippen LogP contribution in [0.4, 0.5) is 10.8 Å². The third-order valence-corrected chi connectivity index (χ3v) is 4.74. The number of benzene rings is 2. The molecule has 0 unspecified atom stereocenters. The molecule has 0 atom stereocenters. The van der Waals surface area contributed by atoms with Crippen molar-refractivity contribution in [3.8, 4) is 5.75 Å². The fourth-order valence-electron chi connectivity index (χ4n) is 2.53. The van der Waals surface area contributed by atoms with Gasteiger partial charge in [0.2, 0.25) is 0 Å². The molecule has 4 aromatic rings. The Balaban J connectivity index is 1.86. The van der Waals surface area contributed by atoms with Crippen molar-refractivity contribution in [3.05, 3.63) is 72.7 Å². The van der Waals surface area contributed by atoms with E-state index in [1.807, 2.05) is 42.5 Å². The Bertz CT molecular complexity index is 991. The molecule has 0 radical (unpaired) electrons. The van der Waals surface area contributed by atoms with Crippen molar-refractivity contribution in [2.45, 2.75) is 0 Å². The summed E-state index contributed by atoms with van der Waals surface area (Å²) >= 11 is 1.45. The highest BCUT2D eigenvalue weighted by atomic mass is 32.1. The number of para-hydroxylation sites is 1. The monoisotopic (exact) mass is 350 g/mol. The first-order valence-corrected chi connectivity index (χ1v) is 8.45. The molecule has 124 valence electrons. The quantitative estimate of drug-likeness (QED) is 0.526. The molecule has 0 N–H and O–H groups in total. The lowest BCUT2D eigenvalue weighted by Gasteiger charge is -2.19. The van der Waals surface area contributed by atoms with Crippen LogP contribution in [0, 0.1) is 0 Å². The van der Waals surface area contributed by atoms with Gasteiger partial charge in [0.1, 0.15) is 5.75 Å². The van der Waals surface area contributed by atoms with Gasteiger partial charge in [-0.05, 0) is 36.4 Å². The number of anilines is 2. The van der Waals surface area contributed by atoms with E-state index in [1.54, 1.807) is 30.2 Å². The van der Waals surface area contributed by atoms with Gasteiger partial charge in [0.15, 0.2) is 10.9 Å². The normalized spacial score (nSPS) is 10.8. The summed E-state index contributed by atoms with van der Waals surface area (Å²) in [7, 11) is 1.59. The van der Waals surface area contributed by atoms with Crippen LogP contribution in [0.3, 0.4) is 0 Å². The van der Waals surface area contributed by atoms with Gasteiger partial charge in [-0.1, -0.05) is 29.5 Å². The molecule has 0 fully saturated rings. The molecule has 4 rings (SSSR count). The van der Waals surface area contributed by atoms with Crippen molar-refractivity contribution >= 4 is 38.3 Å². The van der Waals surface area contributed by atoms with Crippen LogP contribution in [0.1, 0.15) is 10.6 Å². The zero-order valence-corrected chi connectivity index (χ0v) is 14.2. The smallest absolute Gasteiger partial charge is 0.300 e. The number of hydrogen-bond acceptors (Lipinski definition) is 5. The molecule has 5 nitrogen and oxygen atoms in total. The number of fused-ring (bicyclic) bond motifs is 1. The molecule has 0 bridgehead atoms. The van der Waals surface area contributed by atoms with Gasteiger partial charge in [-0.25, -0.2) is 9.88 Å². The van der Waals surface area contributed by atoms with Crippen LogP contribution in [-0.2, 0) is 0 Å². The maximum atomic E-state index is 13.0. The number of carbonyl (C=O) groups is 1. The molecule has 2 aromatic carbocycles. The van der Waals surface area contributed by atoms with Crippen LogP contribution in [0.25, 0.3) is 10.2 Å². The summed E-state index contributed by atoms with van der Waals surface area (Å²) in [5.74, 6) is 0.634. The predicted octanol–water partition coefficient (Wildman–Crippen LogP) is 4.88. The third kappa shape index (κ3) is 2.88. The summed E-state index contributed by atoms with van der Waals surface area (Å²) < 4.78 is 11.6. The maximum absolute atomic E-state index is 13.0. The summed E-state index contributed by atoms with van der Waals surface area (Å²) in [6.07, 6.45) is 1.48. The van der Waals surface area contributed by atoms with E-state index in [-0.39, 0.29) is 11.7 Å². The molecule has 6 heteroatoms. The number of nitrogens with zero attached hydrogens (tertiary/aromatic N) is 2. The number of aromatic nitrogens is 1. The number of methoxy groups -OCH3 is 1. The van der Waals surface area contributed by atoms with Crippen LogP contribution in [0.5, 0.6) is 5.75 Å². The molecule has 0 aliphatic carbocycles. The summed E-state index contributed by atoms with van der Waals surface area (Å²) in [6.45, 7) is 0. The molecule has 0 aliphatic heterocycles. The van der Waals surface area contributed by atoms with Gasteiger partial charge in [0.25, 0.3) is 5.91 Å². The molecular weight excluding hydrogens is 336 g/mol.